The predicted octanol–water partition coefficient (Wildman–Crippen LogP) is 4.17. The van der Waals surface area contributed by atoms with Crippen LogP contribution in [-0.2, 0) is 11.2 Å². The first-order valence-electron chi connectivity index (χ1n) is 8.33. The Kier molecular flexibility index (Phi) is 7.21. The highest BCUT2D eigenvalue weighted by Crippen LogP contribution is 2.36. The third-order valence-corrected chi connectivity index (χ3v) is 4.38. The fourth-order valence-electron chi connectivity index (χ4n) is 2.51. The fraction of sp³-hybridized carbons (Fsp3) is 0.300. The van der Waals surface area contributed by atoms with Crippen molar-refractivity contribution < 1.29 is 14.3 Å². The molecular formula is C20H23BrN2O3. The van der Waals surface area contributed by atoms with Crippen LogP contribution >= 0.6 is 15.9 Å². The summed E-state index contributed by atoms with van der Waals surface area (Å²) in [5, 5.41) is 4.05. The van der Waals surface area contributed by atoms with E-state index >= 15 is 0 Å². The second-order valence-corrected chi connectivity index (χ2v) is 6.72. The van der Waals surface area contributed by atoms with Crippen molar-refractivity contribution in [2.45, 2.75) is 27.2 Å². The molecule has 0 atom stereocenters. The molecular weight excluding hydrogens is 396 g/mol. The van der Waals surface area contributed by atoms with E-state index in [1.54, 1.807) is 13.3 Å². The third-order valence-electron chi connectivity index (χ3n) is 3.79. The number of hydrogen-bond donors (Lipinski definition) is 1. The average Bonchev–Trinajstić information content (AvgIpc) is 2.58. The van der Waals surface area contributed by atoms with Gasteiger partial charge in [-0.15, -0.1) is 0 Å². The van der Waals surface area contributed by atoms with Crippen molar-refractivity contribution in [3.63, 3.8) is 0 Å². The summed E-state index contributed by atoms with van der Waals surface area (Å²) in [5.41, 5.74) is 6.58. The molecule has 5 nitrogen and oxygen atoms in total. The van der Waals surface area contributed by atoms with Crippen LogP contribution < -0.4 is 14.9 Å². The lowest BCUT2D eigenvalue weighted by atomic mass is 10.0. The lowest BCUT2D eigenvalue weighted by Crippen LogP contribution is -2.20. The van der Waals surface area contributed by atoms with Gasteiger partial charge in [0.25, 0.3) is 0 Å². The first-order chi connectivity index (χ1) is 12.4. The lowest BCUT2D eigenvalue weighted by Gasteiger charge is -2.11. The molecule has 1 amide bonds. The second kappa shape index (κ2) is 9.38. The highest BCUT2D eigenvalue weighted by atomic mass is 79.9. The molecule has 2 aromatic rings. The summed E-state index contributed by atoms with van der Waals surface area (Å²) in [6.45, 7) is 6.43. The van der Waals surface area contributed by atoms with Crippen LogP contribution in [0.3, 0.4) is 0 Å². The van der Waals surface area contributed by atoms with Gasteiger partial charge in [0.2, 0.25) is 5.91 Å². The summed E-state index contributed by atoms with van der Waals surface area (Å²) in [6.07, 6.45) is 1.87. The van der Waals surface area contributed by atoms with Crippen molar-refractivity contribution in [3.8, 4) is 11.5 Å². The second-order valence-electron chi connectivity index (χ2n) is 5.87. The van der Waals surface area contributed by atoms with Crippen molar-refractivity contribution >= 4 is 28.1 Å². The molecule has 0 bridgehead atoms. The number of nitrogens with one attached hydrogen (secondary N) is 1. The number of nitrogens with zero attached hydrogens (tertiary/aromatic N) is 1. The van der Waals surface area contributed by atoms with Crippen molar-refractivity contribution in [1.29, 1.82) is 0 Å². The Labute approximate surface area is 162 Å². The molecule has 0 saturated carbocycles. The van der Waals surface area contributed by atoms with Crippen LogP contribution in [0.4, 0.5) is 0 Å². The molecule has 0 unspecified atom stereocenters. The topological polar surface area (TPSA) is 59.9 Å². The van der Waals surface area contributed by atoms with E-state index < -0.39 is 0 Å². The highest BCUT2D eigenvalue weighted by molar-refractivity contribution is 9.10. The molecule has 2 rings (SSSR count). The molecule has 138 valence electrons. The first kappa shape index (κ1) is 20.0. The largest absolute Gasteiger partial charge is 0.492 e. The summed E-state index contributed by atoms with van der Waals surface area (Å²) < 4.78 is 11.7. The zero-order valence-electron chi connectivity index (χ0n) is 15.4. The van der Waals surface area contributed by atoms with E-state index in [9.17, 15) is 4.79 Å². The van der Waals surface area contributed by atoms with Gasteiger partial charge in [0.1, 0.15) is 0 Å². The highest BCUT2D eigenvalue weighted by Gasteiger charge is 2.10. The minimum Gasteiger partial charge on any atom is -0.492 e. The van der Waals surface area contributed by atoms with Crippen LogP contribution in [0.5, 0.6) is 11.5 Å². The van der Waals surface area contributed by atoms with Crippen LogP contribution in [0.25, 0.3) is 0 Å². The number of ether oxygens (including phenoxy) is 2. The van der Waals surface area contributed by atoms with Crippen LogP contribution in [-0.4, -0.2) is 25.8 Å². The van der Waals surface area contributed by atoms with Gasteiger partial charge in [-0.1, -0.05) is 23.8 Å². The van der Waals surface area contributed by atoms with Gasteiger partial charge in [-0.05, 0) is 65.5 Å². The molecule has 0 heterocycles. The van der Waals surface area contributed by atoms with Gasteiger partial charge in [0.05, 0.1) is 30.8 Å². The SMILES string of the molecule is CCOc1cc(/C=N/NC(=O)Cc2cc(C)ccc2C)cc(Br)c1OC. The van der Waals surface area contributed by atoms with Crippen LogP contribution in [0.2, 0.25) is 0 Å². The van der Waals surface area contributed by atoms with Crippen LogP contribution in [0.15, 0.2) is 39.9 Å². The molecule has 6 heteroatoms. The number of carbonyl (C=O) groups is 1. The van der Waals surface area contributed by atoms with Gasteiger partial charge in [0.15, 0.2) is 11.5 Å². The maximum atomic E-state index is 12.1. The Hall–Kier alpha value is -2.34. The van der Waals surface area contributed by atoms with Crippen molar-refractivity contribution in [1.82, 2.24) is 5.43 Å². The summed E-state index contributed by atoms with van der Waals surface area (Å²) >= 11 is 3.45. The predicted molar refractivity (Wildman–Crippen MR) is 107 cm³/mol. The van der Waals surface area contributed by atoms with E-state index in [0.717, 1.165) is 26.7 Å². The number of carbonyl (C=O) groups excluding carboxylic acids is 1. The number of aryl methyl sites for hydroxylation is 2. The standard InChI is InChI=1S/C20H23BrN2O3/c1-5-26-18-10-15(9-17(21)20(18)25-4)12-22-23-19(24)11-16-8-13(2)6-7-14(16)3/h6-10,12H,5,11H2,1-4H3,(H,23,24)/b22-12+. The van der Waals surface area contributed by atoms with E-state index in [-0.39, 0.29) is 5.91 Å². The van der Waals surface area contributed by atoms with E-state index in [0.29, 0.717) is 24.5 Å². The molecule has 2 aromatic carbocycles. The molecule has 0 saturated heterocycles. The molecule has 0 radical (unpaired) electrons. The summed E-state index contributed by atoms with van der Waals surface area (Å²) in [5.74, 6) is 1.09. The zero-order valence-corrected chi connectivity index (χ0v) is 17.0. The van der Waals surface area contributed by atoms with Gasteiger partial charge in [0, 0.05) is 0 Å². The quantitative estimate of drug-likeness (QED) is 0.542. The molecule has 0 aromatic heterocycles. The normalized spacial score (nSPS) is 10.8. The van der Waals surface area contributed by atoms with Gasteiger partial charge in [-0.3, -0.25) is 4.79 Å². The first-order valence-corrected chi connectivity index (χ1v) is 9.12. The Morgan fingerprint density at radius 1 is 1.27 bits per heavy atom. The summed E-state index contributed by atoms with van der Waals surface area (Å²) in [6, 6.07) is 9.74. The van der Waals surface area contributed by atoms with Crippen LogP contribution in [0.1, 0.15) is 29.2 Å². The Balaban J connectivity index is 2.05. The maximum absolute atomic E-state index is 12.1. The number of hydrogen-bond acceptors (Lipinski definition) is 4. The zero-order chi connectivity index (χ0) is 19.1. The molecule has 0 aliphatic carbocycles. The molecule has 0 aliphatic heterocycles. The number of benzene rings is 2. The lowest BCUT2D eigenvalue weighted by molar-refractivity contribution is -0.120. The van der Waals surface area contributed by atoms with E-state index in [1.807, 2.05) is 51.1 Å². The molecule has 26 heavy (non-hydrogen) atoms. The summed E-state index contributed by atoms with van der Waals surface area (Å²) in [7, 11) is 1.59. The van der Waals surface area contributed by atoms with Crippen molar-refractivity contribution in [2.24, 2.45) is 5.10 Å². The van der Waals surface area contributed by atoms with Gasteiger partial charge in [-0.25, -0.2) is 5.43 Å². The van der Waals surface area contributed by atoms with E-state index in [4.69, 9.17) is 9.47 Å². The van der Waals surface area contributed by atoms with Gasteiger partial charge >= 0.3 is 0 Å². The Bertz CT molecular complexity index is 819. The molecule has 0 fully saturated rings. The van der Waals surface area contributed by atoms with Gasteiger partial charge < -0.3 is 9.47 Å². The number of rotatable bonds is 7. The molecule has 1 N–H and O–H groups in total. The maximum Gasteiger partial charge on any atom is 0.244 e. The van der Waals surface area contributed by atoms with Crippen LogP contribution in [0, 0.1) is 13.8 Å². The monoisotopic (exact) mass is 418 g/mol. The minimum atomic E-state index is -0.160. The molecule has 0 spiro atoms. The Morgan fingerprint density at radius 2 is 2.04 bits per heavy atom. The number of amides is 1. The Morgan fingerprint density at radius 3 is 2.73 bits per heavy atom. The summed E-state index contributed by atoms with van der Waals surface area (Å²) in [4.78, 5) is 12.1. The van der Waals surface area contributed by atoms with Crippen molar-refractivity contribution in [3.05, 3.63) is 57.1 Å². The number of halogens is 1. The number of hydrazone groups is 1. The van der Waals surface area contributed by atoms with Crippen molar-refractivity contribution in [2.75, 3.05) is 13.7 Å². The van der Waals surface area contributed by atoms with E-state index in [2.05, 4.69) is 26.5 Å². The third kappa shape index (κ3) is 5.33. The minimum absolute atomic E-state index is 0.160. The average molecular weight is 419 g/mol. The van der Waals surface area contributed by atoms with Gasteiger partial charge in [-0.2, -0.15) is 5.10 Å². The smallest absolute Gasteiger partial charge is 0.244 e. The fourth-order valence-corrected chi connectivity index (χ4v) is 3.13. The molecule has 0 aliphatic rings. The van der Waals surface area contributed by atoms with E-state index in [1.165, 1.54) is 0 Å². The number of methoxy groups -OCH3 is 1.